The van der Waals surface area contributed by atoms with Crippen LogP contribution in [0, 0.1) is 0 Å². The molecule has 0 spiro atoms. The summed E-state index contributed by atoms with van der Waals surface area (Å²) in [7, 11) is -1.99. The SMILES string of the molecule is BN(CC)S(=O)(=O)c1sccc1O. The van der Waals surface area contributed by atoms with E-state index in [2.05, 4.69) is 0 Å². The highest BCUT2D eigenvalue weighted by Gasteiger charge is 2.23. The summed E-state index contributed by atoms with van der Waals surface area (Å²) in [6.07, 6.45) is 0. The van der Waals surface area contributed by atoms with Gasteiger partial charge in [0.1, 0.15) is 5.75 Å². The summed E-state index contributed by atoms with van der Waals surface area (Å²) >= 11 is 1.02. The lowest BCUT2D eigenvalue weighted by molar-refractivity contribution is 0.461. The quantitative estimate of drug-likeness (QED) is 0.728. The van der Waals surface area contributed by atoms with E-state index in [-0.39, 0.29) is 9.96 Å². The lowest BCUT2D eigenvalue weighted by atomic mass is 10.4. The molecule has 0 unspecified atom stereocenters. The fourth-order valence-corrected chi connectivity index (χ4v) is 3.29. The van der Waals surface area contributed by atoms with Gasteiger partial charge in [-0.2, -0.15) is 0 Å². The van der Waals surface area contributed by atoms with Crippen molar-refractivity contribution in [2.45, 2.75) is 11.1 Å². The number of nitrogens with zero attached hydrogens (tertiary/aromatic N) is 1. The lowest BCUT2D eigenvalue weighted by Gasteiger charge is -2.13. The van der Waals surface area contributed by atoms with E-state index in [1.165, 1.54) is 18.3 Å². The van der Waals surface area contributed by atoms with Crippen molar-refractivity contribution in [1.29, 1.82) is 0 Å². The normalized spacial score (nSPS) is 12.2. The van der Waals surface area contributed by atoms with Crippen LogP contribution in [-0.4, -0.2) is 32.3 Å². The average molecular weight is 219 g/mol. The van der Waals surface area contributed by atoms with Crippen LogP contribution in [0.15, 0.2) is 15.7 Å². The zero-order chi connectivity index (χ0) is 10.1. The minimum atomic E-state index is -3.47. The van der Waals surface area contributed by atoms with Crippen LogP contribution in [0.1, 0.15) is 6.92 Å². The highest BCUT2D eigenvalue weighted by atomic mass is 32.2. The van der Waals surface area contributed by atoms with Gasteiger partial charge in [0.2, 0.25) is 18.0 Å². The molecule has 1 N–H and O–H groups in total. The summed E-state index contributed by atoms with van der Waals surface area (Å²) < 4.78 is 24.4. The Morgan fingerprint density at radius 1 is 1.69 bits per heavy atom. The van der Waals surface area contributed by atoms with Gasteiger partial charge in [0.15, 0.2) is 4.21 Å². The van der Waals surface area contributed by atoms with Crippen molar-refractivity contribution in [2.75, 3.05) is 6.54 Å². The topological polar surface area (TPSA) is 57.6 Å². The van der Waals surface area contributed by atoms with Gasteiger partial charge in [-0.25, -0.2) is 12.6 Å². The van der Waals surface area contributed by atoms with Crippen molar-refractivity contribution < 1.29 is 13.5 Å². The maximum atomic E-state index is 11.6. The van der Waals surface area contributed by atoms with Crippen LogP contribution in [0.4, 0.5) is 0 Å². The fraction of sp³-hybridized carbons (Fsp3) is 0.333. The molecular weight excluding hydrogens is 209 g/mol. The lowest BCUT2D eigenvalue weighted by Crippen LogP contribution is -2.27. The van der Waals surface area contributed by atoms with Crippen molar-refractivity contribution in [3.63, 3.8) is 0 Å². The highest BCUT2D eigenvalue weighted by molar-refractivity contribution is 7.92. The van der Waals surface area contributed by atoms with Crippen molar-refractivity contribution in [1.82, 2.24) is 4.22 Å². The molecule has 72 valence electrons. The molecule has 1 aromatic heterocycles. The van der Waals surface area contributed by atoms with Crippen LogP contribution in [-0.2, 0) is 10.0 Å². The highest BCUT2D eigenvalue weighted by Crippen LogP contribution is 2.30. The van der Waals surface area contributed by atoms with E-state index in [1.54, 1.807) is 12.3 Å². The zero-order valence-electron chi connectivity index (χ0n) is 7.39. The van der Waals surface area contributed by atoms with Gasteiger partial charge in [-0.05, 0) is 18.0 Å². The summed E-state index contributed by atoms with van der Waals surface area (Å²) in [6.45, 7) is 2.13. The predicted molar refractivity (Wildman–Crippen MR) is 54.1 cm³/mol. The molecule has 1 rings (SSSR count). The molecule has 0 fully saturated rings. The van der Waals surface area contributed by atoms with Gasteiger partial charge >= 0.3 is 0 Å². The van der Waals surface area contributed by atoms with Crippen LogP contribution in [0.25, 0.3) is 0 Å². The minimum absolute atomic E-state index is 0.0110. The second-order valence-corrected chi connectivity index (χ2v) is 5.67. The third-order valence-electron chi connectivity index (χ3n) is 1.70. The van der Waals surface area contributed by atoms with Crippen molar-refractivity contribution in [3.8, 4) is 5.75 Å². The molecule has 1 aromatic rings. The van der Waals surface area contributed by atoms with Crippen molar-refractivity contribution >= 4 is 29.3 Å². The monoisotopic (exact) mass is 219 g/mol. The summed E-state index contributed by atoms with van der Waals surface area (Å²) in [5.41, 5.74) is 0. The van der Waals surface area contributed by atoms with Gasteiger partial charge in [-0.3, -0.25) is 0 Å². The predicted octanol–water partition coefficient (Wildman–Crippen LogP) is 0.0124. The van der Waals surface area contributed by atoms with E-state index < -0.39 is 10.0 Å². The Labute approximate surface area is 82.3 Å². The van der Waals surface area contributed by atoms with Gasteiger partial charge in [0, 0.05) is 0 Å². The maximum Gasteiger partial charge on any atom is 0.245 e. The van der Waals surface area contributed by atoms with E-state index in [0.717, 1.165) is 11.3 Å². The Balaban J connectivity index is 3.16. The van der Waals surface area contributed by atoms with E-state index in [9.17, 15) is 13.5 Å². The van der Waals surface area contributed by atoms with Crippen LogP contribution in [0.5, 0.6) is 5.75 Å². The number of rotatable bonds is 3. The molecule has 0 atom stereocenters. The molecule has 0 radical (unpaired) electrons. The molecule has 7 heteroatoms. The molecule has 0 amide bonds. The van der Waals surface area contributed by atoms with Crippen LogP contribution >= 0.6 is 11.3 Å². The minimum Gasteiger partial charge on any atom is -0.506 e. The van der Waals surface area contributed by atoms with Crippen LogP contribution < -0.4 is 0 Å². The van der Waals surface area contributed by atoms with Gasteiger partial charge in [-0.1, -0.05) is 6.92 Å². The maximum absolute atomic E-state index is 11.6. The molecule has 0 saturated heterocycles. The Morgan fingerprint density at radius 3 is 2.69 bits per heavy atom. The first kappa shape index (κ1) is 10.6. The number of hydrogen-bond acceptors (Lipinski definition) is 4. The average Bonchev–Trinajstić information content (AvgIpc) is 2.50. The Bertz CT molecular complexity index is 386. The van der Waals surface area contributed by atoms with Gasteiger partial charge in [0.05, 0.1) is 0 Å². The first-order chi connectivity index (χ1) is 6.00. The smallest absolute Gasteiger partial charge is 0.245 e. The first-order valence-corrected chi connectivity index (χ1v) is 6.05. The van der Waals surface area contributed by atoms with E-state index in [1.807, 2.05) is 0 Å². The zero-order valence-corrected chi connectivity index (χ0v) is 9.02. The summed E-state index contributed by atoms with van der Waals surface area (Å²) in [6, 6.07) is 1.38. The van der Waals surface area contributed by atoms with E-state index in [0.29, 0.717) is 6.54 Å². The number of hydrogen-bond donors (Lipinski definition) is 1. The van der Waals surface area contributed by atoms with Crippen LogP contribution in [0.2, 0.25) is 0 Å². The Kier molecular flexibility index (Phi) is 3.00. The second kappa shape index (κ2) is 3.69. The molecule has 0 aliphatic heterocycles. The van der Waals surface area contributed by atoms with Gasteiger partial charge < -0.3 is 5.11 Å². The Hall–Kier alpha value is -0.525. The molecular formula is C6H10BNO3S2. The van der Waals surface area contributed by atoms with E-state index >= 15 is 0 Å². The molecule has 0 aliphatic rings. The molecule has 4 nitrogen and oxygen atoms in total. The van der Waals surface area contributed by atoms with E-state index in [4.69, 9.17) is 0 Å². The van der Waals surface area contributed by atoms with Crippen molar-refractivity contribution in [3.05, 3.63) is 11.4 Å². The number of aromatic hydroxyl groups is 1. The standard InChI is InChI=1S/C6H10BNO3S2/c1-2-8(7)13(10,11)6-5(9)3-4-12-6/h3-4,9H,2,7H2,1H3. The number of thiophene rings is 1. The largest absolute Gasteiger partial charge is 0.506 e. The summed E-state index contributed by atoms with van der Waals surface area (Å²) in [5, 5.41) is 10.8. The second-order valence-electron chi connectivity index (χ2n) is 2.51. The third-order valence-corrected chi connectivity index (χ3v) is 5.07. The molecule has 13 heavy (non-hydrogen) atoms. The number of sulfonamides is 1. The van der Waals surface area contributed by atoms with Crippen molar-refractivity contribution in [2.24, 2.45) is 0 Å². The summed E-state index contributed by atoms with van der Waals surface area (Å²) in [4.78, 5) is 0. The molecule has 1 heterocycles. The first-order valence-electron chi connectivity index (χ1n) is 3.73. The third kappa shape index (κ3) is 1.87. The molecule has 0 bridgehead atoms. The molecule has 0 aromatic carbocycles. The molecule has 0 aliphatic carbocycles. The Morgan fingerprint density at radius 2 is 2.31 bits per heavy atom. The molecule has 0 saturated carbocycles. The summed E-state index contributed by atoms with van der Waals surface area (Å²) in [5.74, 6) is -0.176. The van der Waals surface area contributed by atoms with Gasteiger partial charge in [0.25, 0.3) is 0 Å². The van der Waals surface area contributed by atoms with Gasteiger partial charge in [-0.15, -0.1) is 11.3 Å². The van der Waals surface area contributed by atoms with Crippen LogP contribution in [0.3, 0.4) is 0 Å². The fourth-order valence-electron chi connectivity index (χ4n) is 0.793.